The van der Waals surface area contributed by atoms with Crippen LogP contribution >= 0.6 is 0 Å². The molecule has 0 aliphatic heterocycles. The fraction of sp³-hybridized carbons (Fsp3) is 0.0667. The summed E-state index contributed by atoms with van der Waals surface area (Å²) in [6.45, 7) is 1.41. The van der Waals surface area contributed by atoms with Crippen molar-refractivity contribution in [1.82, 2.24) is 0 Å². The second kappa shape index (κ2) is 9.55. The van der Waals surface area contributed by atoms with E-state index in [1.807, 2.05) is 0 Å². The van der Waals surface area contributed by atoms with Gasteiger partial charge in [0.1, 0.15) is 17.1 Å². The summed E-state index contributed by atoms with van der Waals surface area (Å²) in [6, 6.07) is 12.5. The predicted octanol–water partition coefficient (Wildman–Crippen LogP) is 3.41. The Balaban J connectivity index is 0.000000816. The molecule has 123 valence electrons. The number of amides is 1. The molecule has 0 aliphatic carbocycles. The van der Waals surface area contributed by atoms with Gasteiger partial charge < -0.3 is 15.2 Å². The quantitative estimate of drug-likeness (QED) is 0.497. The first-order valence-corrected chi connectivity index (χ1v) is 7.12. The van der Waals surface area contributed by atoms with Crippen LogP contribution in [0.15, 0.2) is 48.5 Å². The van der Waals surface area contributed by atoms with Gasteiger partial charge in [-0.05, 0) is 36.4 Å². The van der Waals surface area contributed by atoms with Gasteiger partial charge in [0.2, 0.25) is 5.91 Å². The number of nitrogens with one attached hydrogen (secondary N) is 1. The Kier molecular flexibility index (Phi) is 7.73. The van der Waals surface area contributed by atoms with Gasteiger partial charge in [-0.1, -0.05) is 12.1 Å². The van der Waals surface area contributed by atoms with Crippen molar-refractivity contribution in [3.63, 3.8) is 0 Å². The first-order valence-electron chi connectivity index (χ1n) is 6.22. The van der Waals surface area contributed by atoms with Crippen LogP contribution in [0.1, 0.15) is 17.3 Å². The van der Waals surface area contributed by atoms with Crippen molar-refractivity contribution in [3.05, 3.63) is 54.1 Å². The first-order chi connectivity index (χ1) is 11.0. The van der Waals surface area contributed by atoms with Crippen molar-refractivity contribution in [2.75, 3.05) is 5.32 Å². The van der Waals surface area contributed by atoms with Gasteiger partial charge in [0, 0.05) is 12.6 Å². The Hall–Kier alpha value is -2.44. The Morgan fingerprint density at radius 2 is 1.65 bits per heavy atom. The van der Waals surface area contributed by atoms with Crippen molar-refractivity contribution in [3.8, 4) is 11.5 Å². The average molecular weight is 364 g/mol. The van der Waals surface area contributed by atoms with Crippen LogP contribution in [0.4, 0.5) is 12.8 Å². The third-order valence-corrected chi connectivity index (χ3v) is 2.51. The van der Waals surface area contributed by atoms with Gasteiger partial charge >= 0.3 is 28.9 Å². The summed E-state index contributed by atoms with van der Waals surface area (Å²) in [5, 5.41) is 12.2. The standard InChI is InChI=1S/C15H13NO4.2FH.Mn/c1-10(17)16-11-6-8-12(9-7-11)20-15(19)13-4-2-3-5-14(13)18;;;/h2-9,18H,1H3,(H,16,17);2*1H;/q;;;+2/p-2. The van der Waals surface area contributed by atoms with Crippen molar-refractivity contribution >= 4 is 17.6 Å². The molecule has 0 fully saturated rings. The molecule has 0 heterocycles. The average Bonchev–Trinajstić information content (AvgIpc) is 2.50. The second-order valence-electron chi connectivity index (χ2n) is 4.17. The van der Waals surface area contributed by atoms with Crippen molar-refractivity contribution in [1.29, 1.82) is 0 Å². The molecule has 2 N–H and O–H groups in total. The molecule has 0 saturated heterocycles. The number of aromatic hydroxyl groups is 1. The summed E-state index contributed by atoms with van der Waals surface area (Å²) in [5.74, 6) is -0.626. The monoisotopic (exact) mass is 364 g/mol. The summed E-state index contributed by atoms with van der Waals surface area (Å²) >= 11 is -1.94. The molecule has 0 spiro atoms. The van der Waals surface area contributed by atoms with E-state index < -0.39 is 21.8 Å². The minimum atomic E-state index is -1.94. The van der Waals surface area contributed by atoms with Crippen LogP contribution in [0, 0.1) is 0 Å². The molecule has 0 bridgehead atoms. The summed E-state index contributed by atoms with van der Waals surface area (Å²) in [7, 11) is 0. The number of esters is 1. The molecule has 2 aromatic carbocycles. The zero-order chi connectivity index (χ0) is 17.2. The van der Waals surface area contributed by atoms with E-state index in [0.717, 1.165) is 0 Å². The molecule has 0 aromatic heterocycles. The normalized spacial score (nSPS) is 9.35. The minimum absolute atomic E-state index is 0.0958. The van der Waals surface area contributed by atoms with E-state index in [0.29, 0.717) is 11.4 Å². The van der Waals surface area contributed by atoms with Crippen LogP contribution in [0.25, 0.3) is 0 Å². The number of hydrogen-bond donors (Lipinski definition) is 2. The number of carbonyl (C=O) groups excluding carboxylic acids is 2. The van der Waals surface area contributed by atoms with Crippen LogP contribution in [-0.2, 0) is 20.7 Å². The Labute approximate surface area is 138 Å². The molecule has 2 rings (SSSR count). The summed E-state index contributed by atoms with van der Waals surface area (Å²) < 4.78 is 24.4. The third kappa shape index (κ3) is 6.46. The van der Waals surface area contributed by atoms with E-state index in [-0.39, 0.29) is 17.2 Å². The van der Waals surface area contributed by atoms with Crippen LogP contribution in [0.5, 0.6) is 11.5 Å². The predicted molar refractivity (Wildman–Crippen MR) is 76.0 cm³/mol. The van der Waals surface area contributed by atoms with Gasteiger partial charge in [0.25, 0.3) is 0 Å². The van der Waals surface area contributed by atoms with E-state index >= 15 is 0 Å². The molecule has 23 heavy (non-hydrogen) atoms. The number of para-hydroxylation sites is 1. The number of hydrogen-bond acceptors (Lipinski definition) is 4. The zero-order valence-electron chi connectivity index (χ0n) is 11.9. The number of anilines is 1. The number of ether oxygens (including phenoxy) is 1. The molecular formula is C15H13F2MnNO4. The number of carbonyl (C=O) groups is 2. The molecule has 5 nitrogen and oxygen atoms in total. The maximum absolute atomic E-state index is 11.8. The van der Waals surface area contributed by atoms with Gasteiger partial charge in [0.15, 0.2) is 0 Å². The van der Waals surface area contributed by atoms with Crippen LogP contribution < -0.4 is 10.1 Å². The molecule has 0 atom stereocenters. The van der Waals surface area contributed by atoms with E-state index in [4.69, 9.17) is 4.74 Å². The summed E-state index contributed by atoms with van der Waals surface area (Å²) in [5.41, 5.74) is 0.707. The number of benzene rings is 2. The fourth-order valence-corrected chi connectivity index (χ4v) is 1.62. The van der Waals surface area contributed by atoms with E-state index in [1.54, 1.807) is 36.4 Å². The number of rotatable bonds is 3. The van der Waals surface area contributed by atoms with E-state index in [2.05, 4.69) is 5.32 Å². The Morgan fingerprint density at radius 1 is 1.09 bits per heavy atom. The van der Waals surface area contributed by atoms with Gasteiger partial charge in [-0.25, -0.2) is 4.79 Å². The zero-order valence-corrected chi connectivity index (χ0v) is 13.1. The molecule has 0 aliphatic rings. The van der Waals surface area contributed by atoms with Crippen LogP contribution in [0.3, 0.4) is 0 Å². The van der Waals surface area contributed by atoms with Crippen LogP contribution in [0.2, 0.25) is 0 Å². The Bertz CT molecular complexity index is 665. The molecule has 2 aromatic rings. The molecular weight excluding hydrogens is 351 g/mol. The van der Waals surface area contributed by atoms with Crippen molar-refractivity contribution in [2.45, 2.75) is 6.92 Å². The van der Waals surface area contributed by atoms with E-state index in [1.165, 1.54) is 19.1 Å². The number of phenolic OH excluding ortho intramolecular Hbond substituents is 1. The molecule has 0 unspecified atom stereocenters. The third-order valence-electron chi connectivity index (χ3n) is 2.51. The summed E-state index contributed by atoms with van der Waals surface area (Å²) in [4.78, 5) is 22.7. The molecule has 0 radical (unpaired) electrons. The van der Waals surface area contributed by atoms with Gasteiger partial charge in [0.05, 0.1) is 0 Å². The topological polar surface area (TPSA) is 75.6 Å². The Morgan fingerprint density at radius 3 is 2.17 bits per heavy atom. The van der Waals surface area contributed by atoms with Gasteiger partial charge in [-0.2, -0.15) is 0 Å². The van der Waals surface area contributed by atoms with E-state index in [9.17, 15) is 21.8 Å². The number of halogens is 2. The molecule has 1 amide bonds. The molecule has 0 saturated carbocycles. The fourth-order valence-electron chi connectivity index (χ4n) is 1.62. The second-order valence-corrected chi connectivity index (χ2v) is 4.33. The van der Waals surface area contributed by atoms with Crippen molar-refractivity contribution in [2.24, 2.45) is 0 Å². The van der Waals surface area contributed by atoms with Crippen molar-refractivity contribution < 1.29 is 42.4 Å². The van der Waals surface area contributed by atoms with Gasteiger partial charge in [-0.15, -0.1) is 0 Å². The molecule has 8 heteroatoms. The maximum atomic E-state index is 11.8. The summed E-state index contributed by atoms with van der Waals surface area (Å²) in [6.07, 6.45) is 0. The van der Waals surface area contributed by atoms with Gasteiger partial charge in [-0.3, -0.25) is 4.79 Å². The number of phenols is 1. The van der Waals surface area contributed by atoms with Crippen LogP contribution in [-0.4, -0.2) is 17.0 Å². The SMILES string of the molecule is CC(=O)Nc1ccc(OC(=O)c2ccccc2O)cc1.[F][Mn][F]. The first kappa shape index (κ1) is 18.6.